The largest absolute Gasteiger partial charge is 0.493 e. The summed E-state index contributed by atoms with van der Waals surface area (Å²) in [5.74, 6) is 1.23. The number of carbonyl (C=O) groups is 1. The lowest BCUT2D eigenvalue weighted by Crippen LogP contribution is -2.29. The van der Waals surface area contributed by atoms with Gasteiger partial charge in [-0.2, -0.15) is 5.10 Å². The highest BCUT2D eigenvalue weighted by Crippen LogP contribution is 2.37. The molecule has 2 heterocycles. The lowest BCUT2D eigenvalue weighted by atomic mass is 10.1. The molecule has 1 aliphatic heterocycles. The minimum atomic E-state index is -0.0331. The average molecular weight is 536 g/mol. The number of thioether (sulfide) groups is 1. The number of ether oxygens (including phenoxy) is 2. The van der Waals surface area contributed by atoms with E-state index in [1.165, 1.54) is 37.4 Å². The fourth-order valence-electron chi connectivity index (χ4n) is 4.30. The summed E-state index contributed by atoms with van der Waals surface area (Å²) in [4.78, 5) is 15.6. The number of aromatic nitrogens is 2. The lowest BCUT2D eigenvalue weighted by molar-refractivity contribution is -0.122. The number of thiocarbonyl (C=S) groups is 1. The Morgan fingerprint density at radius 1 is 0.973 bits per heavy atom. The van der Waals surface area contributed by atoms with Crippen molar-refractivity contribution >= 4 is 40.3 Å². The first-order valence-electron chi connectivity index (χ1n) is 12.7. The molecule has 0 saturated carbocycles. The van der Waals surface area contributed by atoms with E-state index in [9.17, 15) is 4.79 Å². The van der Waals surface area contributed by atoms with Crippen LogP contribution in [0.1, 0.15) is 51.0 Å². The van der Waals surface area contributed by atoms with Gasteiger partial charge in [-0.3, -0.25) is 9.69 Å². The van der Waals surface area contributed by atoms with Crippen molar-refractivity contribution < 1.29 is 14.3 Å². The number of carbonyl (C=O) groups excluding carboxylic acids is 1. The fraction of sp³-hybridized carbons (Fsp3) is 0.345. The van der Waals surface area contributed by atoms with Crippen molar-refractivity contribution in [3.63, 3.8) is 0 Å². The van der Waals surface area contributed by atoms with Crippen LogP contribution in [0.15, 0.2) is 59.6 Å². The number of hydrogen-bond acceptors (Lipinski definition) is 6. The van der Waals surface area contributed by atoms with Gasteiger partial charge >= 0.3 is 0 Å². The standard InChI is InChI=1S/C29H33N3O3S2/c1-4-5-6-7-8-12-17-31-28(33)26(37-29(31)36)19-22-20-32(23-13-10-9-11-14-23)30-27(22)21-15-16-24(34-2)25(18-21)35-3/h9-11,13-16,18-20H,4-8,12,17H2,1-3H3. The first-order valence-corrected chi connectivity index (χ1v) is 13.9. The summed E-state index contributed by atoms with van der Waals surface area (Å²) in [6, 6.07) is 15.6. The zero-order chi connectivity index (χ0) is 26.2. The molecule has 194 valence electrons. The van der Waals surface area contributed by atoms with E-state index >= 15 is 0 Å². The van der Waals surface area contributed by atoms with Crippen molar-refractivity contribution in [2.45, 2.75) is 45.4 Å². The maximum absolute atomic E-state index is 13.3. The van der Waals surface area contributed by atoms with Crippen LogP contribution in [-0.4, -0.2) is 45.7 Å². The van der Waals surface area contributed by atoms with Gasteiger partial charge in [0.05, 0.1) is 24.8 Å². The van der Waals surface area contributed by atoms with Gasteiger partial charge in [0.1, 0.15) is 10.0 Å². The molecule has 0 unspecified atom stereocenters. The predicted octanol–water partition coefficient (Wildman–Crippen LogP) is 7.12. The molecule has 8 heteroatoms. The Labute approximate surface area is 228 Å². The van der Waals surface area contributed by atoms with E-state index in [0.29, 0.717) is 27.3 Å². The highest BCUT2D eigenvalue weighted by atomic mass is 32.2. The van der Waals surface area contributed by atoms with Gasteiger partial charge < -0.3 is 9.47 Å². The van der Waals surface area contributed by atoms with Gasteiger partial charge in [0.15, 0.2) is 11.5 Å². The van der Waals surface area contributed by atoms with Gasteiger partial charge in [-0.25, -0.2) is 4.68 Å². The number of unbranched alkanes of at least 4 members (excludes halogenated alkanes) is 5. The summed E-state index contributed by atoms with van der Waals surface area (Å²) in [7, 11) is 3.22. The Morgan fingerprint density at radius 3 is 2.43 bits per heavy atom. The van der Waals surface area contributed by atoms with Crippen molar-refractivity contribution in [3.05, 3.63) is 65.2 Å². The van der Waals surface area contributed by atoms with E-state index in [-0.39, 0.29) is 5.91 Å². The van der Waals surface area contributed by atoms with Crippen LogP contribution >= 0.6 is 24.0 Å². The lowest BCUT2D eigenvalue weighted by Gasteiger charge is -2.14. The molecule has 2 aromatic carbocycles. The number of rotatable bonds is 12. The molecular formula is C29H33N3O3S2. The third kappa shape index (κ3) is 6.43. The molecule has 3 aromatic rings. The second-order valence-electron chi connectivity index (χ2n) is 8.88. The predicted molar refractivity (Wildman–Crippen MR) is 155 cm³/mol. The molecule has 0 radical (unpaired) electrons. The molecule has 6 nitrogen and oxygen atoms in total. The van der Waals surface area contributed by atoms with Crippen LogP contribution in [0, 0.1) is 0 Å². The zero-order valence-electron chi connectivity index (χ0n) is 21.6. The Hall–Kier alpha value is -3.10. The van der Waals surface area contributed by atoms with Crippen molar-refractivity contribution in [1.29, 1.82) is 0 Å². The highest BCUT2D eigenvalue weighted by molar-refractivity contribution is 8.26. The van der Waals surface area contributed by atoms with Crippen LogP contribution < -0.4 is 9.47 Å². The second kappa shape index (κ2) is 12.9. The molecule has 1 aromatic heterocycles. The number of methoxy groups -OCH3 is 2. The van der Waals surface area contributed by atoms with E-state index in [0.717, 1.165) is 35.3 Å². The van der Waals surface area contributed by atoms with Gasteiger partial charge in [-0.05, 0) is 42.8 Å². The third-order valence-corrected chi connectivity index (χ3v) is 7.69. The molecule has 0 N–H and O–H groups in total. The molecule has 1 amide bonds. The molecule has 1 saturated heterocycles. The number of para-hydroxylation sites is 1. The normalized spacial score (nSPS) is 14.6. The van der Waals surface area contributed by atoms with E-state index in [1.807, 2.05) is 65.5 Å². The molecule has 0 aliphatic carbocycles. The molecule has 1 aliphatic rings. The maximum atomic E-state index is 13.3. The van der Waals surface area contributed by atoms with Gasteiger partial charge in [-0.1, -0.05) is 81.2 Å². The highest BCUT2D eigenvalue weighted by Gasteiger charge is 2.32. The maximum Gasteiger partial charge on any atom is 0.266 e. The quantitative estimate of drug-likeness (QED) is 0.140. The number of hydrogen-bond donors (Lipinski definition) is 0. The summed E-state index contributed by atoms with van der Waals surface area (Å²) in [6.07, 6.45) is 10.9. The summed E-state index contributed by atoms with van der Waals surface area (Å²) in [5.41, 5.74) is 3.36. The topological polar surface area (TPSA) is 56.6 Å². The third-order valence-electron chi connectivity index (χ3n) is 6.32. The van der Waals surface area contributed by atoms with E-state index < -0.39 is 0 Å². The first kappa shape index (κ1) is 26.9. The van der Waals surface area contributed by atoms with Crippen molar-refractivity contribution in [2.75, 3.05) is 20.8 Å². The number of amides is 1. The SMILES string of the molecule is CCCCCCCCN1C(=O)C(=Cc2cn(-c3ccccc3)nc2-c2ccc(OC)c(OC)c2)SC1=S. The smallest absolute Gasteiger partial charge is 0.266 e. The van der Waals surface area contributed by atoms with Gasteiger partial charge in [0, 0.05) is 23.9 Å². The summed E-state index contributed by atoms with van der Waals surface area (Å²) >= 11 is 6.93. The van der Waals surface area contributed by atoms with E-state index in [2.05, 4.69) is 6.92 Å². The fourth-order valence-corrected chi connectivity index (χ4v) is 5.60. The van der Waals surface area contributed by atoms with Crippen LogP contribution in [0.5, 0.6) is 11.5 Å². The Kier molecular flexibility index (Phi) is 9.41. The molecule has 4 rings (SSSR count). The molecule has 37 heavy (non-hydrogen) atoms. The first-order chi connectivity index (χ1) is 18.0. The molecule has 1 fully saturated rings. The Balaban J connectivity index is 1.63. The molecule has 0 atom stereocenters. The van der Waals surface area contributed by atoms with Crippen molar-refractivity contribution in [3.8, 4) is 28.4 Å². The monoisotopic (exact) mass is 535 g/mol. The van der Waals surface area contributed by atoms with Gasteiger partial charge in [-0.15, -0.1) is 0 Å². The van der Waals surface area contributed by atoms with Crippen LogP contribution in [0.2, 0.25) is 0 Å². The summed E-state index contributed by atoms with van der Waals surface area (Å²) < 4.78 is 13.4. The van der Waals surface area contributed by atoms with Crippen LogP contribution in [-0.2, 0) is 4.79 Å². The van der Waals surface area contributed by atoms with Crippen LogP contribution in [0.3, 0.4) is 0 Å². The minimum absolute atomic E-state index is 0.0331. The average Bonchev–Trinajstić information content (AvgIpc) is 3.46. The Morgan fingerprint density at radius 2 is 1.70 bits per heavy atom. The van der Waals surface area contributed by atoms with E-state index in [4.69, 9.17) is 26.8 Å². The number of nitrogens with zero attached hydrogens (tertiary/aromatic N) is 3. The van der Waals surface area contributed by atoms with Crippen LogP contribution in [0.4, 0.5) is 0 Å². The summed E-state index contributed by atoms with van der Waals surface area (Å²) in [6.45, 7) is 2.88. The minimum Gasteiger partial charge on any atom is -0.493 e. The summed E-state index contributed by atoms with van der Waals surface area (Å²) in [5, 5.41) is 4.88. The molecule has 0 spiro atoms. The molecule has 0 bridgehead atoms. The zero-order valence-corrected chi connectivity index (χ0v) is 23.2. The van der Waals surface area contributed by atoms with Gasteiger partial charge in [0.2, 0.25) is 0 Å². The van der Waals surface area contributed by atoms with Crippen molar-refractivity contribution in [2.24, 2.45) is 0 Å². The van der Waals surface area contributed by atoms with Gasteiger partial charge in [0.25, 0.3) is 5.91 Å². The Bertz CT molecular complexity index is 1270. The number of benzene rings is 2. The molecular weight excluding hydrogens is 502 g/mol. The van der Waals surface area contributed by atoms with Crippen molar-refractivity contribution in [1.82, 2.24) is 14.7 Å². The van der Waals surface area contributed by atoms with E-state index in [1.54, 1.807) is 19.1 Å². The van der Waals surface area contributed by atoms with Crippen LogP contribution in [0.25, 0.3) is 23.0 Å². The second-order valence-corrected chi connectivity index (χ2v) is 10.6.